The number of anilines is 1. The number of hydrogen-bond donors (Lipinski definition) is 0. The minimum absolute atomic E-state index is 0.319. The van der Waals surface area contributed by atoms with Crippen LogP contribution in [0.5, 0.6) is 5.75 Å². The summed E-state index contributed by atoms with van der Waals surface area (Å²) in [6.45, 7) is 9.27. The molecular formula is C25H35N5O2. The van der Waals surface area contributed by atoms with Crippen molar-refractivity contribution in [3.63, 3.8) is 0 Å². The van der Waals surface area contributed by atoms with Crippen LogP contribution in [-0.4, -0.2) is 91.9 Å². The van der Waals surface area contributed by atoms with Crippen molar-refractivity contribution in [2.45, 2.75) is 31.8 Å². The van der Waals surface area contributed by atoms with Gasteiger partial charge in [-0.15, -0.1) is 0 Å². The van der Waals surface area contributed by atoms with Crippen LogP contribution >= 0.6 is 0 Å². The van der Waals surface area contributed by atoms with E-state index in [4.69, 9.17) is 14.5 Å². The summed E-state index contributed by atoms with van der Waals surface area (Å²) in [6.07, 6.45) is 6.71. The van der Waals surface area contributed by atoms with Crippen molar-refractivity contribution in [3.8, 4) is 17.1 Å². The van der Waals surface area contributed by atoms with E-state index in [-0.39, 0.29) is 0 Å². The zero-order valence-corrected chi connectivity index (χ0v) is 19.2. The van der Waals surface area contributed by atoms with E-state index >= 15 is 0 Å². The molecule has 0 amide bonds. The van der Waals surface area contributed by atoms with Gasteiger partial charge >= 0.3 is 0 Å². The van der Waals surface area contributed by atoms with Gasteiger partial charge in [0.25, 0.3) is 0 Å². The summed E-state index contributed by atoms with van der Waals surface area (Å²) in [5, 5.41) is 0. The second kappa shape index (κ2) is 10.1. The predicted molar refractivity (Wildman–Crippen MR) is 126 cm³/mol. The lowest BCUT2D eigenvalue weighted by atomic mass is 10.1. The molecule has 5 rings (SSSR count). The van der Waals surface area contributed by atoms with E-state index < -0.39 is 0 Å². The lowest BCUT2D eigenvalue weighted by Crippen LogP contribution is -2.38. The Kier molecular flexibility index (Phi) is 6.86. The molecule has 2 fully saturated rings. The number of piperidine rings is 1. The highest BCUT2D eigenvalue weighted by Gasteiger charge is 2.22. The summed E-state index contributed by atoms with van der Waals surface area (Å²) in [5.41, 5.74) is 2.31. The van der Waals surface area contributed by atoms with Crippen molar-refractivity contribution in [3.05, 3.63) is 36.0 Å². The van der Waals surface area contributed by atoms with Crippen LogP contribution in [0.1, 0.15) is 24.8 Å². The molecule has 0 N–H and O–H groups in total. The quantitative estimate of drug-likeness (QED) is 0.660. The Labute approximate surface area is 191 Å². The largest absolute Gasteiger partial charge is 0.490 e. The third-order valence-corrected chi connectivity index (χ3v) is 6.88. The minimum Gasteiger partial charge on any atom is -0.490 e. The van der Waals surface area contributed by atoms with E-state index in [9.17, 15) is 0 Å². The molecule has 0 spiro atoms. The van der Waals surface area contributed by atoms with Crippen molar-refractivity contribution in [1.29, 1.82) is 0 Å². The Morgan fingerprint density at radius 2 is 1.78 bits per heavy atom. The molecule has 0 radical (unpaired) electrons. The van der Waals surface area contributed by atoms with Gasteiger partial charge in [-0.3, -0.25) is 4.90 Å². The van der Waals surface area contributed by atoms with Gasteiger partial charge in [-0.05, 0) is 57.0 Å². The molecule has 0 unspecified atom stereocenters. The van der Waals surface area contributed by atoms with Gasteiger partial charge in [0.1, 0.15) is 17.7 Å². The topological polar surface area (TPSA) is 54.0 Å². The molecule has 4 heterocycles. The summed E-state index contributed by atoms with van der Waals surface area (Å²) in [7, 11) is 2.17. The maximum absolute atomic E-state index is 6.19. The summed E-state index contributed by atoms with van der Waals surface area (Å²) < 4.78 is 11.6. The minimum atomic E-state index is 0.319. The fourth-order valence-electron chi connectivity index (χ4n) is 4.85. The molecule has 0 saturated carbocycles. The molecule has 3 aliphatic rings. The zero-order valence-electron chi connectivity index (χ0n) is 19.2. The van der Waals surface area contributed by atoms with Crippen LogP contribution in [0.25, 0.3) is 11.4 Å². The van der Waals surface area contributed by atoms with Crippen molar-refractivity contribution in [2.24, 2.45) is 0 Å². The van der Waals surface area contributed by atoms with Crippen LogP contribution in [0.2, 0.25) is 0 Å². The molecule has 1 aromatic heterocycles. The van der Waals surface area contributed by atoms with Gasteiger partial charge in [-0.2, -0.15) is 0 Å². The third kappa shape index (κ3) is 5.22. The molecule has 7 nitrogen and oxygen atoms in total. The van der Waals surface area contributed by atoms with Crippen molar-refractivity contribution >= 4 is 5.82 Å². The van der Waals surface area contributed by atoms with E-state index in [1.807, 2.05) is 6.20 Å². The number of rotatable bonds is 7. The highest BCUT2D eigenvalue weighted by Crippen LogP contribution is 2.29. The summed E-state index contributed by atoms with van der Waals surface area (Å²) in [4.78, 5) is 16.9. The van der Waals surface area contributed by atoms with Crippen LogP contribution < -0.4 is 9.64 Å². The number of fused-ring (bicyclic) bond motifs is 1. The zero-order chi connectivity index (χ0) is 21.8. The Hall–Kier alpha value is -2.22. The molecule has 2 saturated heterocycles. The Bertz CT molecular complexity index is 876. The molecule has 0 aliphatic carbocycles. The first-order valence-corrected chi connectivity index (χ1v) is 12.1. The van der Waals surface area contributed by atoms with Gasteiger partial charge < -0.3 is 19.3 Å². The van der Waals surface area contributed by atoms with E-state index in [0.717, 1.165) is 108 Å². The first-order chi connectivity index (χ1) is 15.7. The molecule has 1 aromatic carbocycles. The number of aromatic nitrogens is 2. The van der Waals surface area contributed by atoms with Crippen molar-refractivity contribution in [1.82, 2.24) is 19.8 Å². The second-order valence-corrected chi connectivity index (χ2v) is 9.23. The van der Waals surface area contributed by atoms with E-state index in [1.54, 1.807) is 0 Å². The predicted octanol–water partition coefficient (Wildman–Crippen LogP) is 2.70. The number of ether oxygens (including phenoxy) is 2. The fraction of sp³-hybridized carbons (Fsp3) is 0.600. The molecular weight excluding hydrogens is 402 g/mol. The van der Waals surface area contributed by atoms with E-state index in [2.05, 4.69) is 51.0 Å². The van der Waals surface area contributed by atoms with Crippen LogP contribution in [0, 0.1) is 0 Å². The average molecular weight is 438 g/mol. The summed E-state index contributed by atoms with van der Waals surface area (Å²) in [6, 6.07) is 8.29. The Balaban J connectivity index is 1.19. The van der Waals surface area contributed by atoms with Gasteiger partial charge in [0.05, 0.1) is 13.2 Å². The molecule has 7 heteroatoms. The lowest BCUT2D eigenvalue weighted by molar-refractivity contribution is 0.0376. The molecule has 0 bridgehead atoms. The number of benzene rings is 1. The highest BCUT2D eigenvalue weighted by atomic mass is 16.5. The smallest absolute Gasteiger partial charge is 0.161 e. The Morgan fingerprint density at radius 3 is 2.56 bits per heavy atom. The van der Waals surface area contributed by atoms with Gasteiger partial charge in [0.15, 0.2) is 5.82 Å². The molecule has 32 heavy (non-hydrogen) atoms. The third-order valence-electron chi connectivity index (χ3n) is 6.88. The van der Waals surface area contributed by atoms with Gasteiger partial charge in [-0.25, -0.2) is 9.97 Å². The van der Waals surface area contributed by atoms with Crippen LogP contribution in [0.4, 0.5) is 5.82 Å². The van der Waals surface area contributed by atoms with Crippen LogP contribution in [-0.2, 0) is 11.2 Å². The number of likely N-dealkylation sites (tertiary alicyclic amines) is 1. The van der Waals surface area contributed by atoms with Crippen LogP contribution in [0.3, 0.4) is 0 Å². The lowest BCUT2D eigenvalue weighted by Gasteiger charge is -2.29. The maximum atomic E-state index is 6.19. The first kappa shape index (κ1) is 21.6. The standard InChI is InChI=1S/C25H35N5O2/c1-28-12-8-23(9-13-28)32-22-5-3-20(4-6-22)24-26-19-21-7-14-30(25(21)27-24)11-2-10-29-15-17-31-18-16-29/h3-6,19,23H,2,7-18H2,1H3. The SMILES string of the molecule is CN1CCC(Oc2ccc(-c3ncc4c(n3)N(CCCN3CCOCC3)CC4)cc2)CC1. The monoisotopic (exact) mass is 437 g/mol. The summed E-state index contributed by atoms with van der Waals surface area (Å²) in [5.74, 6) is 2.85. The van der Waals surface area contributed by atoms with Gasteiger partial charge in [0, 0.05) is 63.1 Å². The number of nitrogens with zero attached hydrogens (tertiary/aromatic N) is 5. The first-order valence-electron chi connectivity index (χ1n) is 12.1. The van der Waals surface area contributed by atoms with Gasteiger partial charge in [0.2, 0.25) is 0 Å². The number of hydrogen-bond acceptors (Lipinski definition) is 7. The van der Waals surface area contributed by atoms with Crippen molar-refractivity contribution in [2.75, 3.05) is 71.0 Å². The molecule has 2 aromatic rings. The van der Waals surface area contributed by atoms with Crippen LogP contribution in [0.15, 0.2) is 30.5 Å². The number of morpholine rings is 1. The normalized spacial score (nSPS) is 20.5. The second-order valence-electron chi connectivity index (χ2n) is 9.23. The maximum Gasteiger partial charge on any atom is 0.161 e. The van der Waals surface area contributed by atoms with Gasteiger partial charge in [-0.1, -0.05) is 0 Å². The molecule has 3 aliphatic heterocycles. The Morgan fingerprint density at radius 1 is 1.00 bits per heavy atom. The van der Waals surface area contributed by atoms with E-state index in [1.165, 1.54) is 5.56 Å². The fourth-order valence-corrected chi connectivity index (χ4v) is 4.85. The molecule has 0 atom stereocenters. The summed E-state index contributed by atoms with van der Waals surface area (Å²) >= 11 is 0. The van der Waals surface area contributed by atoms with E-state index in [0.29, 0.717) is 6.10 Å². The van der Waals surface area contributed by atoms with Crippen molar-refractivity contribution < 1.29 is 9.47 Å². The molecule has 172 valence electrons. The highest BCUT2D eigenvalue weighted by molar-refractivity contribution is 5.61. The average Bonchev–Trinajstić information content (AvgIpc) is 3.24.